The number of hydrogen-bond donors (Lipinski definition) is 4. The summed E-state index contributed by atoms with van der Waals surface area (Å²) in [6.07, 6.45) is -0.000191. The van der Waals surface area contributed by atoms with E-state index in [2.05, 4.69) is 5.32 Å². The van der Waals surface area contributed by atoms with Gasteiger partial charge >= 0.3 is 11.9 Å². The Morgan fingerprint density at radius 2 is 1.70 bits per heavy atom. The first kappa shape index (κ1) is 15.6. The third kappa shape index (κ3) is 5.49. The maximum atomic E-state index is 11.6. The Kier molecular flexibility index (Phi) is 5.67. The van der Waals surface area contributed by atoms with E-state index < -0.39 is 30.3 Å². The van der Waals surface area contributed by atoms with Crippen LogP contribution >= 0.6 is 0 Å². The normalized spacial score (nSPS) is 11.7. The van der Waals surface area contributed by atoms with E-state index in [1.165, 1.54) is 0 Å². The molecule has 0 spiro atoms. The van der Waals surface area contributed by atoms with E-state index in [1.54, 1.807) is 24.3 Å². The number of aliphatic carboxylic acids is 2. The molecule has 0 aliphatic heterocycles. The molecule has 20 heavy (non-hydrogen) atoms. The van der Waals surface area contributed by atoms with Gasteiger partial charge in [-0.15, -0.1) is 0 Å². The SMILES string of the molecule is NC(CC(=O)O)C(=O)Nc1ccc(CCC(=O)O)cc1. The van der Waals surface area contributed by atoms with Gasteiger partial charge in [-0.1, -0.05) is 12.1 Å². The van der Waals surface area contributed by atoms with Crippen molar-refractivity contribution in [3.05, 3.63) is 29.8 Å². The number of benzene rings is 1. The zero-order valence-electron chi connectivity index (χ0n) is 10.7. The lowest BCUT2D eigenvalue weighted by atomic mass is 10.1. The van der Waals surface area contributed by atoms with E-state index >= 15 is 0 Å². The van der Waals surface area contributed by atoms with Gasteiger partial charge in [0.25, 0.3) is 0 Å². The van der Waals surface area contributed by atoms with Gasteiger partial charge in [0.1, 0.15) is 0 Å². The van der Waals surface area contributed by atoms with Crippen LogP contribution in [0, 0.1) is 0 Å². The number of carbonyl (C=O) groups excluding carboxylic acids is 1. The summed E-state index contributed by atoms with van der Waals surface area (Å²) in [5.74, 6) is -2.59. The summed E-state index contributed by atoms with van der Waals surface area (Å²) >= 11 is 0. The van der Waals surface area contributed by atoms with Gasteiger partial charge in [0.15, 0.2) is 0 Å². The van der Waals surface area contributed by atoms with Crippen LogP contribution in [0.5, 0.6) is 0 Å². The number of nitrogens with two attached hydrogens (primary N) is 1. The molecular weight excluding hydrogens is 264 g/mol. The lowest BCUT2D eigenvalue weighted by Gasteiger charge is -2.10. The fourth-order valence-electron chi connectivity index (χ4n) is 1.52. The largest absolute Gasteiger partial charge is 0.481 e. The van der Waals surface area contributed by atoms with Crippen LogP contribution in [-0.4, -0.2) is 34.1 Å². The van der Waals surface area contributed by atoms with Gasteiger partial charge in [0.05, 0.1) is 12.5 Å². The second-order valence-electron chi connectivity index (χ2n) is 4.28. The van der Waals surface area contributed by atoms with Gasteiger partial charge in [-0.05, 0) is 24.1 Å². The van der Waals surface area contributed by atoms with Gasteiger partial charge in [-0.25, -0.2) is 0 Å². The molecule has 1 unspecified atom stereocenters. The monoisotopic (exact) mass is 280 g/mol. The van der Waals surface area contributed by atoms with Crippen molar-refractivity contribution in [3.8, 4) is 0 Å². The van der Waals surface area contributed by atoms with Crippen molar-refractivity contribution in [1.29, 1.82) is 0 Å². The average molecular weight is 280 g/mol. The van der Waals surface area contributed by atoms with Crippen molar-refractivity contribution >= 4 is 23.5 Å². The van der Waals surface area contributed by atoms with Crippen molar-refractivity contribution in [3.63, 3.8) is 0 Å². The first-order valence-electron chi connectivity index (χ1n) is 5.97. The Morgan fingerprint density at radius 1 is 1.10 bits per heavy atom. The number of carboxylic acids is 2. The second kappa shape index (κ2) is 7.25. The summed E-state index contributed by atoms with van der Waals surface area (Å²) in [7, 11) is 0. The highest BCUT2D eigenvalue weighted by molar-refractivity contribution is 5.96. The van der Waals surface area contributed by atoms with Crippen molar-refractivity contribution in [1.82, 2.24) is 0 Å². The second-order valence-corrected chi connectivity index (χ2v) is 4.28. The number of nitrogens with one attached hydrogen (secondary N) is 1. The van der Waals surface area contributed by atoms with E-state index in [-0.39, 0.29) is 6.42 Å². The van der Waals surface area contributed by atoms with E-state index in [9.17, 15) is 14.4 Å². The average Bonchev–Trinajstić information content (AvgIpc) is 2.37. The molecule has 108 valence electrons. The number of aryl methyl sites for hydroxylation is 1. The van der Waals surface area contributed by atoms with Crippen LogP contribution in [0.1, 0.15) is 18.4 Å². The van der Waals surface area contributed by atoms with Crippen LogP contribution in [0.25, 0.3) is 0 Å². The van der Waals surface area contributed by atoms with E-state index in [1.807, 2.05) is 0 Å². The molecule has 7 heteroatoms. The minimum absolute atomic E-state index is 0.0369. The molecule has 0 bridgehead atoms. The minimum Gasteiger partial charge on any atom is -0.481 e. The molecule has 0 saturated carbocycles. The van der Waals surface area contributed by atoms with Crippen molar-refractivity contribution in [2.24, 2.45) is 5.73 Å². The number of amides is 1. The van der Waals surface area contributed by atoms with Crippen LogP contribution in [0.15, 0.2) is 24.3 Å². The van der Waals surface area contributed by atoms with Gasteiger partial charge in [0.2, 0.25) is 5.91 Å². The Hall–Kier alpha value is -2.41. The Balaban J connectivity index is 2.54. The van der Waals surface area contributed by atoms with E-state index in [4.69, 9.17) is 15.9 Å². The predicted octanol–water partition coefficient (Wildman–Crippen LogP) is 0.444. The van der Waals surface area contributed by atoms with Crippen molar-refractivity contribution in [2.45, 2.75) is 25.3 Å². The van der Waals surface area contributed by atoms with Gasteiger partial charge < -0.3 is 21.3 Å². The zero-order chi connectivity index (χ0) is 15.1. The van der Waals surface area contributed by atoms with Crippen LogP contribution in [0.4, 0.5) is 5.69 Å². The first-order chi connectivity index (χ1) is 9.38. The van der Waals surface area contributed by atoms with Crippen LogP contribution in [0.2, 0.25) is 0 Å². The lowest BCUT2D eigenvalue weighted by molar-refractivity contribution is -0.139. The fraction of sp³-hybridized carbons (Fsp3) is 0.308. The quantitative estimate of drug-likeness (QED) is 0.573. The van der Waals surface area contributed by atoms with Crippen LogP contribution < -0.4 is 11.1 Å². The van der Waals surface area contributed by atoms with Crippen LogP contribution in [0.3, 0.4) is 0 Å². The summed E-state index contributed by atoms with van der Waals surface area (Å²) in [4.78, 5) is 32.4. The molecule has 7 nitrogen and oxygen atoms in total. The molecule has 0 fully saturated rings. The number of anilines is 1. The third-order valence-electron chi connectivity index (χ3n) is 2.58. The standard InChI is InChI=1S/C13H16N2O5/c14-10(7-12(18)19)13(20)15-9-4-1-8(2-5-9)3-6-11(16)17/h1-2,4-5,10H,3,6-7,14H2,(H,15,20)(H,16,17)(H,18,19). The van der Waals surface area contributed by atoms with Gasteiger partial charge in [-0.3, -0.25) is 14.4 Å². The molecule has 1 rings (SSSR count). The molecule has 1 amide bonds. The summed E-state index contributed by atoms with van der Waals surface area (Å²) in [6, 6.07) is 5.51. The van der Waals surface area contributed by atoms with E-state index in [0.717, 1.165) is 5.56 Å². The highest BCUT2D eigenvalue weighted by Crippen LogP contribution is 2.11. The molecule has 0 aromatic heterocycles. The molecule has 0 radical (unpaired) electrons. The molecule has 0 saturated heterocycles. The maximum Gasteiger partial charge on any atom is 0.305 e. The minimum atomic E-state index is -1.14. The summed E-state index contributed by atoms with van der Waals surface area (Å²) in [5.41, 5.74) is 6.73. The summed E-state index contributed by atoms with van der Waals surface area (Å²) < 4.78 is 0. The van der Waals surface area contributed by atoms with Gasteiger partial charge in [0, 0.05) is 12.1 Å². The smallest absolute Gasteiger partial charge is 0.305 e. The topological polar surface area (TPSA) is 130 Å². The summed E-state index contributed by atoms with van der Waals surface area (Å²) in [5, 5.41) is 19.6. The molecule has 0 aliphatic rings. The van der Waals surface area contributed by atoms with E-state index in [0.29, 0.717) is 12.1 Å². The number of hydrogen-bond acceptors (Lipinski definition) is 4. The molecule has 0 heterocycles. The molecule has 5 N–H and O–H groups in total. The molecule has 1 aromatic carbocycles. The Labute approximate surface area is 115 Å². The first-order valence-corrected chi connectivity index (χ1v) is 5.97. The van der Waals surface area contributed by atoms with Gasteiger partial charge in [-0.2, -0.15) is 0 Å². The third-order valence-corrected chi connectivity index (χ3v) is 2.58. The maximum absolute atomic E-state index is 11.6. The van der Waals surface area contributed by atoms with Crippen molar-refractivity contribution < 1.29 is 24.6 Å². The van der Waals surface area contributed by atoms with Crippen LogP contribution in [-0.2, 0) is 20.8 Å². The Morgan fingerprint density at radius 3 is 2.20 bits per heavy atom. The highest BCUT2D eigenvalue weighted by atomic mass is 16.4. The summed E-state index contributed by atoms with van der Waals surface area (Å²) in [6.45, 7) is 0. The predicted molar refractivity (Wildman–Crippen MR) is 71.3 cm³/mol. The van der Waals surface area contributed by atoms with Crippen molar-refractivity contribution in [2.75, 3.05) is 5.32 Å². The lowest BCUT2D eigenvalue weighted by Crippen LogP contribution is -2.37. The molecule has 1 atom stereocenters. The fourth-order valence-corrected chi connectivity index (χ4v) is 1.52. The Bertz CT molecular complexity index is 498. The highest BCUT2D eigenvalue weighted by Gasteiger charge is 2.16. The molecule has 1 aromatic rings. The zero-order valence-corrected chi connectivity index (χ0v) is 10.7. The number of carbonyl (C=O) groups is 3. The number of carboxylic acid groups (broad SMARTS) is 2. The molecular formula is C13H16N2O5. The number of rotatable bonds is 7. The molecule has 0 aliphatic carbocycles.